The van der Waals surface area contributed by atoms with Gasteiger partial charge in [0.2, 0.25) is 5.91 Å². The second kappa shape index (κ2) is 6.47. The second-order valence-corrected chi connectivity index (χ2v) is 5.18. The fourth-order valence-corrected chi connectivity index (χ4v) is 2.77. The number of hydrogen-bond donors (Lipinski definition) is 2. The topological polar surface area (TPSA) is 98.3 Å². The van der Waals surface area contributed by atoms with Crippen molar-refractivity contribution in [3.05, 3.63) is 34.4 Å². The van der Waals surface area contributed by atoms with Gasteiger partial charge in [0, 0.05) is 23.7 Å². The summed E-state index contributed by atoms with van der Waals surface area (Å²) in [4.78, 5) is 22.5. The first-order valence-corrected chi connectivity index (χ1v) is 6.87. The third-order valence-electron chi connectivity index (χ3n) is 3.87. The van der Waals surface area contributed by atoms with Gasteiger partial charge in [-0.3, -0.25) is 14.9 Å². The number of hydrogen-bond acceptors (Lipinski definition) is 4. The van der Waals surface area contributed by atoms with Gasteiger partial charge in [-0.1, -0.05) is 18.9 Å². The molecule has 1 saturated carbocycles. The SMILES string of the molecule is NCC1CCCCC1C(=O)Nc1cccc([N+](=O)[O-])c1. The first kappa shape index (κ1) is 14.5. The number of anilines is 1. The van der Waals surface area contributed by atoms with E-state index in [1.807, 2.05) is 0 Å². The van der Waals surface area contributed by atoms with Gasteiger partial charge in [-0.05, 0) is 31.4 Å². The van der Waals surface area contributed by atoms with E-state index >= 15 is 0 Å². The number of non-ortho nitro benzene ring substituents is 1. The predicted octanol–water partition coefficient (Wildman–Crippen LogP) is 2.30. The van der Waals surface area contributed by atoms with Gasteiger partial charge in [-0.15, -0.1) is 0 Å². The van der Waals surface area contributed by atoms with Gasteiger partial charge in [-0.25, -0.2) is 0 Å². The molecule has 6 heteroatoms. The van der Waals surface area contributed by atoms with Crippen LogP contribution in [-0.2, 0) is 4.79 Å². The van der Waals surface area contributed by atoms with Crippen LogP contribution in [0.2, 0.25) is 0 Å². The van der Waals surface area contributed by atoms with Crippen LogP contribution < -0.4 is 11.1 Å². The normalized spacial score (nSPS) is 22.2. The third kappa shape index (κ3) is 3.33. The molecular formula is C14H19N3O3. The van der Waals surface area contributed by atoms with Crippen molar-refractivity contribution in [1.29, 1.82) is 0 Å². The highest BCUT2D eigenvalue weighted by Gasteiger charge is 2.30. The van der Waals surface area contributed by atoms with E-state index < -0.39 is 4.92 Å². The zero-order valence-electron chi connectivity index (χ0n) is 11.2. The molecule has 20 heavy (non-hydrogen) atoms. The van der Waals surface area contributed by atoms with E-state index in [2.05, 4.69) is 5.32 Å². The first-order chi connectivity index (χ1) is 9.61. The lowest BCUT2D eigenvalue weighted by Gasteiger charge is -2.29. The van der Waals surface area contributed by atoms with Crippen LogP contribution in [0.3, 0.4) is 0 Å². The summed E-state index contributed by atoms with van der Waals surface area (Å²) in [6.07, 6.45) is 3.96. The average molecular weight is 277 g/mol. The molecule has 1 aliphatic rings. The lowest BCUT2D eigenvalue weighted by molar-refractivity contribution is -0.384. The smallest absolute Gasteiger partial charge is 0.271 e. The molecule has 1 amide bonds. The Hall–Kier alpha value is -1.95. The first-order valence-electron chi connectivity index (χ1n) is 6.87. The van der Waals surface area contributed by atoms with E-state index in [1.165, 1.54) is 12.1 Å². The molecule has 3 N–H and O–H groups in total. The molecular weight excluding hydrogens is 258 g/mol. The summed E-state index contributed by atoms with van der Waals surface area (Å²) in [5, 5.41) is 13.5. The minimum atomic E-state index is -0.473. The molecule has 1 fully saturated rings. The van der Waals surface area contributed by atoms with Gasteiger partial charge < -0.3 is 11.1 Å². The highest BCUT2D eigenvalue weighted by molar-refractivity contribution is 5.93. The summed E-state index contributed by atoms with van der Waals surface area (Å²) in [6, 6.07) is 6.00. The van der Waals surface area contributed by atoms with Crippen molar-refractivity contribution in [2.45, 2.75) is 25.7 Å². The maximum atomic E-state index is 12.3. The van der Waals surface area contributed by atoms with Gasteiger partial charge in [0.05, 0.1) is 4.92 Å². The molecule has 0 spiro atoms. The minimum absolute atomic E-state index is 0.0261. The summed E-state index contributed by atoms with van der Waals surface area (Å²) < 4.78 is 0. The van der Waals surface area contributed by atoms with Crippen molar-refractivity contribution >= 4 is 17.3 Å². The molecule has 1 aromatic carbocycles. The lowest BCUT2D eigenvalue weighted by Crippen LogP contribution is -2.35. The number of nitrogens with one attached hydrogen (secondary N) is 1. The van der Waals surface area contributed by atoms with Crippen molar-refractivity contribution < 1.29 is 9.72 Å². The summed E-state index contributed by atoms with van der Waals surface area (Å²) in [6.45, 7) is 0.507. The maximum Gasteiger partial charge on any atom is 0.271 e. The molecule has 0 aromatic heterocycles. The number of nitrogens with two attached hydrogens (primary N) is 1. The van der Waals surface area contributed by atoms with E-state index in [1.54, 1.807) is 12.1 Å². The van der Waals surface area contributed by atoms with Crippen LogP contribution in [-0.4, -0.2) is 17.4 Å². The number of nitro benzene ring substituents is 1. The Morgan fingerprint density at radius 3 is 2.85 bits per heavy atom. The van der Waals surface area contributed by atoms with Crippen LogP contribution in [0.25, 0.3) is 0 Å². The maximum absolute atomic E-state index is 12.3. The quantitative estimate of drug-likeness (QED) is 0.651. The van der Waals surface area contributed by atoms with Crippen LogP contribution in [0, 0.1) is 22.0 Å². The number of benzene rings is 1. The van der Waals surface area contributed by atoms with E-state index in [4.69, 9.17) is 5.73 Å². The van der Waals surface area contributed by atoms with Crippen LogP contribution in [0.15, 0.2) is 24.3 Å². The van der Waals surface area contributed by atoms with Crippen LogP contribution in [0.4, 0.5) is 11.4 Å². The summed E-state index contributed by atoms with van der Waals surface area (Å²) in [7, 11) is 0. The van der Waals surface area contributed by atoms with Gasteiger partial charge in [0.1, 0.15) is 0 Å². The number of nitro groups is 1. The molecule has 2 atom stereocenters. The number of carbonyl (C=O) groups is 1. The number of nitrogens with zero attached hydrogens (tertiary/aromatic N) is 1. The van der Waals surface area contributed by atoms with Gasteiger partial charge in [0.15, 0.2) is 0 Å². The Balaban J connectivity index is 2.06. The van der Waals surface area contributed by atoms with E-state index in [9.17, 15) is 14.9 Å². The van der Waals surface area contributed by atoms with Crippen molar-refractivity contribution in [1.82, 2.24) is 0 Å². The monoisotopic (exact) mass is 277 g/mol. The van der Waals surface area contributed by atoms with E-state index in [0.717, 1.165) is 25.7 Å². The zero-order valence-corrected chi connectivity index (χ0v) is 11.2. The molecule has 2 rings (SSSR count). The average Bonchev–Trinajstić information content (AvgIpc) is 2.47. The standard InChI is InChI=1S/C14H19N3O3/c15-9-10-4-1-2-7-13(10)14(18)16-11-5-3-6-12(8-11)17(19)20/h3,5-6,8,10,13H,1-2,4,7,9,15H2,(H,16,18). The van der Waals surface area contributed by atoms with Gasteiger partial charge in [-0.2, -0.15) is 0 Å². The highest BCUT2D eigenvalue weighted by Crippen LogP contribution is 2.30. The van der Waals surface area contributed by atoms with Crippen molar-refractivity contribution in [2.24, 2.45) is 17.6 Å². The molecule has 0 radical (unpaired) electrons. The van der Waals surface area contributed by atoms with Crippen LogP contribution in [0.1, 0.15) is 25.7 Å². The third-order valence-corrected chi connectivity index (χ3v) is 3.87. The number of amides is 1. The Bertz CT molecular complexity index is 504. The van der Waals surface area contributed by atoms with E-state index in [0.29, 0.717) is 12.2 Å². The second-order valence-electron chi connectivity index (χ2n) is 5.18. The Labute approximate surface area is 117 Å². The summed E-state index contributed by atoms with van der Waals surface area (Å²) in [5.41, 5.74) is 6.16. The van der Waals surface area contributed by atoms with Crippen molar-refractivity contribution in [3.8, 4) is 0 Å². The number of carbonyl (C=O) groups excluding carboxylic acids is 1. The molecule has 0 bridgehead atoms. The molecule has 0 saturated heterocycles. The lowest BCUT2D eigenvalue weighted by atomic mass is 9.78. The molecule has 0 aliphatic heterocycles. The summed E-state index contributed by atoms with van der Waals surface area (Å²) in [5.74, 6) is 0.0381. The van der Waals surface area contributed by atoms with E-state index in [-0.39, 0.29) is 23.4 Å². The predicted molar refractivity (Wildman–Crippen MR) is 76.2 cm³/mol. The largest absolute Gasteiger partial charge is 0.330 e. The fraction of sp³-hybridized carbons (Fsp3) is 0.500. The highest BCUT2D eigenvalue weighted by atomic mass is 16.6. The Kier molecular flexibility index (Phi) is 4.68. The fourth-order valence-electron chi connectivity index (χ4n) is 2.77. The Morgan fingerprint density at radius 1 is 1.40 bits per heavy atom. The van der Waals surface area contributed by atoms with Gasteiger partial charge >= 0.3 is 0 Å². The van der Waals surface area contributed by atoms with Crippen molar-refractivity contribution in [2.75, 3.05) is 11.9 Å². The molecule has 1 aromatic rings. The Morgan fingerprint density at radius 2 is 2.15 bits per heavy atom. The van der Waals surface area contributed by atoms with Crippen LogP contribution in [0.5, 0.6) is 0 Å². The molecule has 2 unspecified atom stereocenters. The summed E-state index contributed by atoms with van der Waals surface area (Å²) >= 11 is 0. The number of rotatable bonds is 4. The van der Waals surface area contributed by atoms with Crippen LogP contribution >= 0.6 is 0 Å². The molecule has 6 nitrogen and oxygen atoms in total. The molecule has 108 valence electrons. The minimum Gasteiger partial charge on any atom is -0.330 e. The zero-order chi connectivity index (χ0) is 14.5. The molecule has 1 aliphatic carbocycles. The molecule has 0 heterocycles. The van der Waals surface area contributed by atoms with Gasteiger partial charge in [0.25, 0.3) is 5.69 Å². The van der Waals surface area contributed by atoms with Crippen molar-refractivity contribution in [3.63, 3.8) is 0 Å².